The first kappa shape index (κ1) is 13.2. The lowest BCUT2D eigenvalue weighted by Crippen LogP contribution is -2.08. The molecule has 0 aliphatic heterocycles. The van der Waals surface area contributed by atoms with Gasteiger partial charge in [-0.3, -0.25) is 0 Å². The van der Waals surface area contributed by atoms with Crippen molar-refractivity contribution in [1.29, 1.82) is 0 Å². The molecule has 0 saturated carbocycles. The molecule has 0 bridgehead atoms. The Morgan fingerprint density at radius 2 is 1.94 bits per heavy atom. The number of nitrogens with zero attached hydrogens (tertiary/aromatic N) is 2. The van der Waals surface area contributed by atoms with Gasteiger partial charge in [-0.15, -0.1) is 10.2 Å². The molecule has 3 nitrogen and oxygen atoms in total. The fraction of sp³-hybridized carbons (Fsp3) is 0.111. The van der Waals surface area contributed by atoms with E-state index in [1.807, 2.05) is 0 Å². The van der Waals surface area contributed by atoms with Crippen LogP contribution in [-0.4, -0.2) is 10.2 Å². The fourth-order valence-corrected chi connectivity index (χ4v) is 2.23. The van der Waals surface area contributed by atoms with Crippen LogP contribution in [0.4, 0.5) is 28.4 Å². The van der Waals surface area contributed by atoms with E-state index in [9.17, 15) is 17.6 Å². The summed E-state index contributed by atoms with van der Waals surface area (Å²) in [5.41, 5.74) is -1.23. The zero-order chi connectivity index (χ0) is 13.3. The molecular formula is C9H4BrF4N3S. The zero-order valence-corrected chi connectivity index (χ0v) is 10.8. The quantitative estimate of drug-likeness (QED) is 0.832. The minimum Gasteiger partial charge on any atom is -0.330 e. The lowest BCUT2D eigenvalue weighted by molar-refractivity contribution is -0.139. The van der Waals surface area contributed by atoms with Gasteiger partial charge in [0, 0.05) is 5.69 Å². The summed E-state index contributed by atoms with van der Waals surface area (Å²) in [5, 5.41) is 10.2. The average molecular weight is 342 g/mol. The maximum atomic E-state index is 13.0. The van der Waals surface area contributed by atoms with Gasteiger partial charge >= 0.3 is 6.18 Å². The molecule has 0 saturated heterocycles. The van der Waals surface area contributed by atoms with E-state index in [2.05, 4.69) is 31.4 Å². The van der Waals surface area contributed by atoms with Crippen molar-refractivity contribution in [3.63, 3.8) is 0 Å². The Bertz CT molecular complexity index is 569. The highest BCUT2D eigenvalue weighted by Crippen LogP contribution is 2.34. The Morgan fingerprint density at radius 3 is 2.50 bits per heavy atom. The Kier molecular flexibility index (Phi) is 3.53. The van der Waals surface area contributed by atoms with Gasteiger partial charge in [0.25, 0.3) is 0 Å². The molecule has 1 aromatic carbocycles. The van der Waals surface area contributed by atoms with Crippen LogP contribution in [0, 0.1) is 5.82 Å². The van der Waals surface area contributed by atoms with Crippen molar-refractivity contribution in [2.75, 3.05) is 5.32 Å². The molecule has 2 aromatic rings. The number of nitrogens with one attached hydrogen (secondary N) is 1. The standard InChI is InChI=1S/C9H4BrF4N3S/c10-7-16-17-8(18-7)15-4-1-2-6(11)5(3-4)9(12,13)14/h1-3H,(H,15,17). The van der Waals surface area contributed by atoms with Crippen LogP contribution in [0.3, 0.4) is 0 Å². The highest BCUT2D eigenvalue weighted by Gasteiger charge is 2.34. The molecule has 96 valence electrons. The molecule has 0 spiro atoms. The predicted octanol–water partition coefficient (Wildman–Crippen LogP) is 4.20. The van der Waals surface area contributed by atoms with Crippen molar-refractivity contribution >= 4 is 38.1 Å². The Balaban J connectivity index is 2.30. The summed E-state index contributed by atoms with van der Waals surface area (Å²) >= 11 is 4.18. The van der Waals surface area contributed by atoms with Crippen molar-refractivity contribution in [3.05, 3.63) is 33.5 Å². The number of hydrogen-bond acceptors (Lipinski definition) is 4. The van der Waals surface area contributed by atoms with Gasteiger partial charge in [-0.25, -0.2) is 4.39 Å². The summed E-state index contributed by atoms with van der Waals surface area (Å²) in [7, 11) is 0. The molecule has 0 amide bonds. The number of rotatable bonds is 2. The molecule has 18 heavy (non-hydrogen) atoms. The minimum atomic E-state index is -4.73. The Hall–Kier alpha value is -1.22. The molecule has 9 heteroatoms. The minimum absolute atomic E-state index is 0.0902. The molecule has 2 rings (SSSR count). The number of halogens is 5. The smallest absolute Gasteiger partial charge is 0.330 e. The number of anilines is 2. The first-order valence-electron chi connectivity index (χ1n) is 4.49. The third-order valence-electron chi connectivity index (χ3n) is 1.92. The number of alkyl halides is 3. The van der Waals surface area contributed by atoms with E-state index in [-0.39, 0.29) is 5.69 Å². The van der Waals surface area contributed by atoms with E-state index >= 15 is 0 Å². The van der Waals surface area contributed by atoms with Gasteiger partial charge in [0.2, 0.25) is 5.13 Å². The van der Waals surface area contributed by atoms with Crippen LogP contribution in [0.15, 0.2) is 22.1 Å². The molecule has 0 aliphatic rings. The topological polar surface area (TPSA) is 37.8 Å². The van der Waals surface area contributed by atoms with Crippen molar-refractivity contribution < 1.29 is 17.6 Å². The number of benzene rings is 1. The van der Waals surface area contributed by atoms with E-state index in [0.717, 1.165) is 17.4 Å². The average Bonchev–Trinajstić information content (AvgIpc) is 2.65. The molecular weight excluding hydrogens is 338 g/mol. The number of aromatic nitrogens is 2. The van der Waals surface area contributed by atoms with E-state index in [0.29, 0.717) is 15.1 Å². The van der Waals surface area contributed by atoms with Crippen molar-refractivity contribution in [2.24, 2.45) is 0 Å². The highest BCUT2D eigenvalue weighted by atomic mass is 79.9. The van der Waals surface area contributed by atoms with Crippen LogP contribution in [0.25, 0.3) is 0 Å². The number of hydrogen-bond donors (Lipinski definition) is 1. The maximum absolute atomic E-state index is 13.0. The third-order valence-corrected chi connectivity index (χ3v) is 3.19. The van der Waals surface area contributed by atoms with Gasteiger partial charge in [0.1, 0.15) is 5.82 Å². The summed E-state index contributed by atoms with van der Waals surface area (Å²) < 4.78 is 50.9. The molecule has 0 aliphatic carbocycles. The van der Waals surface area contributed by atoms with Gasteiger partial charge in [0.05, 0.1) is 5.56 Å². The van der Waals surface area contributed by atoms with Crippen molar-refractivity contribution in [2.45, 2.75) is 6.18 Å². The van der Waals surface area contributed by atoms with Gasteiger partial charge in [0.15, 0.2) is 3.92 Å². The summed E-state index contributed by atoms with van der Waals surface area (Å²) in [5.74, 6) is -1.31. The molecule has 1 heterocycles. The molecule has 0 unspecified atom stereocenters. The maximum Gasteiger partial charge on any atom is 0.419 e. The van der Waals surface area contributed by atoms with E-state index < -0.39 is 17.6 Å². The highest BCUT2D eigenvalue weighted by molar-refractivity contribution is 9.11. The summed E-state index contributed by atoms with van der Waals surface area (Å²) in [6, 6.07) is 2.63. The third kappa shape index (κ3) is 2.96. The predicted molar refractivity (Wildman–Crippen MR) is 62.3 cm³/mol. The van der Waals surface area contributed by atoms with E-state index in [1.165, 1.54) is 6.07 Å². The Labute approximate surface area is 111 Å². The van der Waals surface area contributed by atoms with Crippen LogP contribution in [0.1, 0.15) is 5.56 Å². The van der Waals surface area contributed by atoms with Crippen molar-refractivity contribution in [3.8, 4) is 0 Å². The molecule has 0 fully saturated rings. The summed E-state index contributed by atoms with van der Waals surface area (Å²) in [4.78, 5) is 0. The summed E-state index contributed by atoms with van der Waals surface area (Å²) in [6.45, 7) is 0. The van der Waals surface area contributed by atoms with Gasteiger partial charge in [-0.05, 0) is 34.1 Å². The molecule has 1 N–H and O–H groups in total. The fourth-order valence-electron chi connectivity index (χ4n) is 1.20. The second kappa shape index (κ2) is 4.81. The summed E-state index contributed by atoms with van der Waals surface area (Å²) in [6.07, 6.45) is -4.73. The van der Waals surface area contributed by atoms with Gasteiger partial charge in [-0.1, -0.05) is 11.3 Å². The molecule has 0 atom stereocenters. The monoisotopic (exact) mass is 341 g/mol. The van der Waals surface area contributed by atoms with Gasteiger partial charge < -0.3 is 5.32 Å². The second-order valence-electron chi connectivity index (χ2n) is 3.18. The van der Waals surface area contributed by atoms with Crippen LogP contribution in [0.2, 0.25) is 0 Å². The Morgan fingerprint density at radius 1 is 1.22 bits per heavy atom. The van der Waals surface area contributed by atoms with Crippen LogP contribution >= 0.6 is 27.3 Å². The second-order valence-corrected chi connectivity index (χ2v) is 5.43. The van der Waals surface area contributed by atoms with E-state index in [1.54, 1.807) is 0 Å². The SMILES string of the molecule is Fc1ccc(Nc2nnc(Br)s2)cc1C(F)(F)F. The van der Waals surface area contributed by atoms with Gasteiger partial charge in [-0.2, -0.15) is 13.2 Å². The largest absolute Gasteiger partial charge is 0.419 e. The first-order valence-corrected chi connectivity index (χ1v) is 6.10. The van der Waals surface area contributed by atoms with E-state index in [4.69, 9.17) is 0 Å². The first-order chi connectivity index (χ1) is 8.36. The molecule has 0 radical (unpaired) electrons. The van der Waals surface area contributed by atoms with Crippen molar-refractivity contribution in [1.82, 2.24) is 10.2 Å². The lowest BCUT2D eigenvalue weighted by atomic mass is 10.2. The zero-order valence-electron chi connectivity index (χ0n) is 8.42. The van der Waals surface area contributed by atoms with Crippen LogP contribution < -0.4 is 5.32 Å². The normalized spacial score (nSPS) is 11.6. The van der Waals surface area contributed by atoms with Crippen LogP contribution in [-0.2, 0) is 6.18 Å². The van der Waals surface area contributed by atoms with Crippen LogP contribution in [0.5, 0.6) is 0 Å². The molecule has 1 aromatic heterocycles. The lowest BCUT2D eigenvalue weighted by Gasteiger charge is -2.10.